The summed E-state index contributed by atoms with van der Waals surface area (Å²) in [5.74, 6) is 2.81. The van der Waals surface area contributed by atoms with Gasteiger partial charge in [0, 0.05) is 6.54 Å². The third kappa shape index (κ3) is 5.27. The van der Waals surface area contributed by atoms with Gasteiger partial charge in [-0.15, -0.1) is 0 Å². The summed E-state index contributed by atoms with van der Waals surface area (Å²) < 4.78 is 25.3. The van der Waals surface area contributed by atoms with E-state index in [4.69, 9.17) is 0 Å². The van der Waals surface area contributed by atoms with E-state index >= 15 is 0 Å². The number of nitrogens with one attached hydrogen (secondary N) is 2. The van der Waals surface area contributed by atoms with E-state index in [2.05, 4.69) is 33.0 Å². The van der Waals surface area contributed by atoms with Crippen molar-refractivity contribution in [2.24, 2.45) is 52.3 Å². The summed E-state index contributed by atoms with van der Waals surface area (Å²) in [5, 5.41) is 34.4. The Kier molecular flexibility index (Phi) is 8.81. The summed E-state index contributed by atoms with van der Waals surface area (Å²) >= 11 is 0. The van der Waals surface area contributed by atoms with Gasteiger partial charge in [-0.3, -0.25) is 0 Å². The third-order valence-corrected chi connectivity index (χ3v) is 14.4. The topological polar surface area (TPSA) is 136 Å². The van der Waals surface area contributed by atoms with Gasteiger partial charge in [-0.2, -0.15) is 0 Å². The van der Waals surface area contributed by atoms with Crippen LogP contribution >= 0.6 is 0 Å². The fraction of sp³-hybridized carbons (Fsp3) is 0.967. The maximum absolute atomic E-state index is 12.3. The Labute approximate surface area is 236 Å². The standard InChI is InChI=1S/C30H54N2O6S/c1-7-20-24-16-19(34)10-13-30(24,6)23-11-14-29(5)21(8-9-22(29)25(23)26(20)35)18(2)12-15-31-27(36)32-39(37,38)28(3,4)17-33/h18-26,33-35H,7-17H2,1-6H3,(H2,31,32,36)/t18-,19-,20-,21-,22+,23+,24+,25+,26-,29-,30-/m1/s1. The highest BCUT2D eigenvalue weighted by Gasteiger charge is 2.64. The molecule has 0 radical (unpaired) electrons. The smallest absolute Gasteiger partial charge is 0.328 e. The lowest BCUT2D eigenvalue weighted by molar-refractivity contribution is -0.203. The zero-order chi connectivity index (χ0) is 29.0. The van der Waals surface area contributed by atoms with Crippen LogP contribution in [0.2, 0.25) is 0 Å². The molecule has 0 aromatic carbocycles. The summed E-state index contributed by atoms with van der Waals surface area (Å²) in [5.41, 5.74) is 0.338. The van der Waals surface area contributed by atoms with E-state index in [1.54, 1.807) is 0 Å². The number of aliphatic hydroxyl groups is 3. The second-order valence-corrected chi connectivity index (χ2v) is 17.0. The number of carbonyl (C=O) groups excluding carboxylic acids is 1. The number of fused-ring (bicyclic) bond motifs is 5. The van der Waals surface area contributed by atoms with Crippen molar-refractivity contribution in [3.8, 4) is 0 Å². The van der Waals surface area contributed by atoms with Crippen LogP contribution in [0.15, 0.2) is 0 Å². The molecule has 11 atom stereocenters. The summed E-state index contributed by atoms with van der Waals surface area (Å²) in [6.45, 7) is 11.9. The van der Waals surface area contributed by atoms with Crippen molar-refractivity contribution in [2.75, 3.05) is 13.2 Å². The van der Waals surface area contributed by atoms with Crippen molar-refractivity contribution in [1.29, 1.82) is 0 Å². The molecule has 226 valence electrons. The number of carbonyl (C=O) groups is 1. The van der Waals surface area contributed by atoms with Gasteiger partial charge in [0.05, 0.1) is 18.8 Å². The highest BCUT2D eigenvalue weighted by Crippen LogP contribution is 2.69. The number of hydrogen-bond acceptors (Lipinski definition) is 6. The molecule has 4 rings (SSSR count). The Morgan fingerprint density at radius 1 is 1.03 bits per heavy atom. The normalized spacial score (nSPS) is 43.1. The first kappa shape index (κ1) is 31.0. The number of amides is 2. The van der Waals surface area contributed by atoms with Crippen molar-refractivity contribution in [2.45, 2.75) is 116 Å². The zero-order valence-corrected chi connectivity index (χ0v) is 25.8. The van der Waals surface area contributed by atoms with Crippen molar-refractivity contribution < 1.29 is 28.5 Å². The van der Waals surface area contributed by atoms with Crippen molar-refractivity contribution >= 4 is 16.1 Å². The minimum atomic E-state index is -3.99. The summed E-state index contributed by atoms with van der Waals surface area (Å²) in [4.78, 5) is 12.3. The first-order valence-corrected chi connectivity index (χ1v) is 16.9. The molecule has 0 spiro atoms. The molecular weight excluding hydrogens is 516 g/mol. The van der Waals surface area contributed by atoms with Crippen molar-refractivity contribution in [1.82, 2.24) is 10.0 Å². The number of sulfonamides is 1. The molecule has 4 saturated carbocycles. The average Bonchev–Trinajstić information content (AvgIpc) is 3.22. The van der Waals surface area contributed by atoms with E-state index in [-0.39, 0.29) is 29.0 Å². The maximum Gasteiger partial charge on any atom is 0.328 e. The van der Waals surface area contributed by atoms with Gasteiger partial charge in [0.2, 0.25) is 10.0 Å². The van der Waals surface area contributed by atoms with Crippen LogP contribution < -0.4 is 10.0 Å². The second-order valence-electron chi connectivity index (χ2n) is 14.7. The molecule has 0 heterocycles. The number of hydrogen-bond donors (Lipinski definition) is 5. The Balaban J connectivity index is 1.42. The van der Waals surface area contributed by atoms with Crippen LogP contribution in [0.4, 0.5) is 4.79 Å². The fourth-order valence-electron chi connectivity index (χ4n) is 9.93. The molecule has 0 aliphatic heterocycles. The van der Waals surface area contributed by atoms with E-state index < -0.39 is 27.4 Å². The summed E-state index contributed by atoms with van der Waals surface area (Å²) in [6, 6.07) is -0.754. The van der Waals surface area contributed by atoms with Crippen LogP contribution in [0.5, 0.6) is 0 Å². The van der Waals surface area contributed by atoms with Gasteiger partial charge in [0.25, 0.3) is 0 Å². The maximum atomic E-state index is 12.3. The van der Waals surface area contributed by atoms with Crippen LogP contribution in [0.3, 0.4) is 0 Å². The van der Waals surface area contributed by atoms with Gasteiger partial charge in [-0.25, -0.2) is 17.9 Å². The van der Waals surface area contributed by atoms with Gasteiger partial charge in [0.15, 0.2) is 0 Å². The van der Waals surface area contributed by atoms with Crippen molar-refractivity contribution in [3.05, 3.63) is 0 Å². The Hall–Kier alpha value is -0.900. The van der Waals surface area contributed by atoms with Gasteiger partial charge < -0.3 is 20.6 Å². The predicted molar refractivity (Wildman–Crippen MR) is 152 cm³/mol. The van der Waals surface area contributed by atoms with Crippen LogP contribution in [0.1, 0.15) is 99.3 Å². The molecular formula is C30H54N2O6S. The van der Waals surface area contributed by atoms with E-state index in [1.807, 2.05) is 4.72 Å². The average molecular weight is 571 g/mol. The first-order chi connectivity index (χ1) is 18.1. The fourth-order valence-corrected chi connectivity index (χ4v) is 10.7. The third-order valence-electron chi connectivity index (χ3n) is 12.4. The quantitative estimate of drug-likeness (QED) is 0.299. The zero-order valence-electron chi connectivity index (χ0n) is 24.9. The molecule has 8 nitrogen and oxygen atoms in total. The molecule has 0 unspecified atom stereocenters. The minimum absolute atomic E-state index is 0.147. The molecule has 4 aliphatic rings. The summed E-state index contributed by atoms with van der Waals surface area (Å²) in [7, 11) is -3.99. The van der Waals surface area contributed by atoms with E-state index in [9.17, 15) is 28.5 Å². The molecule has 0 aromatic heterocycles. The minimum Gasteiger partial charge on any atom is -0.395 e. The SMILES string of the molecule is CC[C@H]1[C@@H](O)[C@@H]2[C@H](CC[C@]3(C)[C@@H]([C@H](C)CCNC(=O)NS(=O)(=O)C(C)(C)CO)CC[C@@H]23)[C@@]2(C)CC[C@@H](O)C[C@@H]12. The van der Waals surface area contributed by atoms with E-state index in [0.29, 0.717) is 42.1 Å². The van der Waals surface area contributed by atoms with Gasteiger partial charge in [-0.1, -0.05) is 34.1 Å². The number of urea groups is 1. The molecule has 4 aliphatic carbocycles. The predicted octanol–water partition coefficient (Wildman–Crippen LogP) is 4.04. The Morgan fingerprint density at radius 3 is 2.31 bits per heavy atom. The number of aliphatic hydroxyl groups excluding tert-OH is 3. The lowest BCUT2D eigenvalue weighted by Crippen LogP contribution is -2.62. The summed E-state index contributed by atoms with van der Waals surface area (Å²) in [6.07, 6.45) is 8.49. The van der Waals surface area contributed by atoms with Crippen LogP contribution in [0, 0.1) is 52.3 Å². The lowest BCUT2D eigenvalue weighted by atomic mass is 9.41. The second kappa shape index (κ2) is 11.1. The van der Waals surface area contributed by atoms with Gasteiger partial charge in [0.1, 0.15) is 4.75 Å². The van der Waals surface area contributed by atoms with Gasteiger partial charge >= 0.3 is 6.03 Å². The Bertz CT molecular complexity index is 1000. The molecule has 4 fully saturated rings. The molecule has 5 N–H and O–H groups in total. The van der Waals surface area contributed by atoms with Crippen LogP contribution in [-0.2, 0) is 10.0 Å². The first-order valence-electron chi connectivity index (χ1n) is 15.4. The molecule has 0 saturated heterocycles. The van der Waals surface area contributed by atoms with E-state index in [0.717, 1.165) is 57.8 Å². The largest absolute Gasteiger partial charge is 0.395 e. The number of rotatable bonds is 8. The molecule has 2 amide bonds. The van der Waals surface area contributed by atoms with Gasteiger partial charge in [-0.05, 0) is 117 Å². The lowest BCUT2D eigenvalue weighted by Gasteiger charge is -2.64. The molecule has 0 bridgehead atoms. The molecule has 39 heavy (non-hydrogen) atoms. The van der Waals surface area contributed by atoms with Crippen LogP contribution in [-0.4, -0.2) is 59.9 Å². The monoisotopic (exact) mass is 570 g/mol. The molecule has 9 heteroatoms. The highest BCUT2D eigenvalue weighted by molar-refractivity contribution is 7.91. The van der Waals surface area contributed by atoms with Crippen molar-refractivity contribution in [3.63, 3.8) is 0 Å². The highest BCUT2D eigenvalue weighted by atomic mass is 32.2. The Morgan fingerprint density at radius 2 is 1.67 bits per heavy atom. The van der Waals surface area contributed by atoms with E-state index in [1.165, 1.54) is 13.8 Å². The molecule has 0 aromatic rings. The van der Waals surface area contributed by atoms with Crippen LogP contribution in [0.25, 0.3) is 0 Å².